The lowest BCUT2D eigenvalue weighted by molar-refractivity contribution is -0.140. The van der Waals surface area contributed by atoms with Gasteiger partial charge in [0.15, 0.2) is 0 Å². The number of methoxy groups -OCH3 is 2. The van der Waals surface area contributed by atoms with Crippen molar-refractivity contribution in [3.63, 3.8) is 0 Å². The van der Waals surface area contributed by atoms with E-state index < -0.39 is 34.3 Å². The van der Waals surface area contributed by atoms with E-state index in [0.717, 1.165) is 22.0 Å². The molecule has 248 valence electrons. The zero-order valence-corrected chi connectivity index (χ0v) is 27.7. The third kappa shape index (κ3) is 9.32. The highest BCUT2D eigenvalue weighted by Crippen LogP contribution is 2.27. The lowest BCUT2D eigenvalue weighted by Gasteiger charge is -2.34. The summed E-state index contributed by atoms with van der Waals surface area (Å²) in [5.74, 6) is -0.392. The Bertz CT molecular complexity index is 1730. The molecule has 0 aliphatic heterocycles. The highest BCUT2D eigenvalue weighted by Gasteiger charge is 2.34. The molecule has 4 aromatic carbocycles. The van der Waals surface area contributed by atoms with Crippen molar-refractivity contribution in [2.75, 3.05) is 31.6 Å². The maximum atomic E-state index is 14.5. The van der Waals surface area contributed by atoms with E-state index in [1.165, 1.54) is 55.5 Å². The first-order valence-electron chi connectivity index (χ1n) is 15.2. The largest absolute Gasteiger partial charge is 0.497 e. The van der Waals surface area contributed by atoms with Gasteiger partial charge in [0.2, 0.25) is 11.8 Å². The second-order valence-electron chi connectivity index (χ2n) is 11.4. The lowest BCUT2D eigenvalue weighted by Crippen LogP contribution is -2.53. The van der Waals surface area contributed by atoms with Gasteiger partial charge in [-0.1, -0.05) is 56.3 Å². The van der Waals surface area contributed by atoms with Gasteiger partial charge in [-0.3, -0.25) is 13.9 Å². The number of ether oxygens (including phenoxy) is 2. The number of hydrogen-bond donors (Lipinski definition) is 1. The Morgan fingerprint density at radius 1 is 0.809 bits per heavy atom. The SMILES string of the molecule is COc1ccc(S(=O)(=O)N(CC(=O)N(Cc2cccc(OC)c2)C(Cc2ccccc2)C(=O)NCC(C)C)c2ccc(F)cc2)cc1. The molecule has 11 heteroatoms. The molecule has 1 N–H and O–H groups in total. The maximum absolute atomic E-state index is 14.5. The first-order valence-corrected chi connectivity index (χ1v) is 16.6. The molecule has 4 aromatic rings. The van der Waals surface area contributed by atoms with Gasteiger partial charge in [-0.05, 0) is 77.7 Å². The van der Waals surface area contributed by atoms with E-state index in [1.807, 2.05) is 44.2 Å². The van der Waals surface area contributed by atoms with Crippen LogP contribution in [0.1, 0.15) is 25.0 Å². The van der Waals surface area contributed by atoms with Crippen LogP contribution in [0.15, 0.2) is 108 Å². The molecule has 0 saturated heterocycles. The number of nitrogens with one attached hydrogen (secondary N) is 1. The number of rotatable bonds is 15. The number of nitrogens with zero attached hydrogens (tertiary/aromatic N) is 2. The van der Waals surface area contributed by atoms with Crippen LogP contribution in [0.25, 0.3) is 0 Å². The zero-order chi connectivity index (χ0) is 34.0. The minimum Gasteiger partial charge on any atom is -0.497 e. The van der Waals surface area contributed by atoms with Crippen LogP contribution in [-0.4, -0.2) is 58.5 Å². The van der Waals surface area contributed by atoms with Crippen LogP contribution in [0, 0.1) is 11.7 Å². The van der Waals surface area contributed by atoms with Crippen LogP contribution in [0.4, 0.5) is 10.1 Å². The normalized spacial score (nSPS) is 11.9. The summed E-state index contributed by atoms with van der Waals surface area (Å²) in [7, 11) is -1.35. The predicted octanol–water partition coefficient (Wildman–Crippen LogP) is 5.45. The van der Waals surface area contributed by atoms with Crippen molar-refractivity contribution in [2.24, 2.45) is 5.92 Å². The number of halogens is 1. The first-order chi connectivity index (χ1) is 22.5. The van der Waals surface area contributed by atoms with Gasteiger partial charge in [-0.2, -0.15) is 0 Å². The Kier molecular flexibility index (Phi) is 12.0. The van der Waals surface area contributed by atoms with Crippen LogP contribution < -0.4 is 19.1 Å². The molecule has 0 saturated carbocycles. The summed E-state index contributed by atoms with van der Waals surface area (Å²) in [4.78, 5) is 29.7. The fraction of sp³-hybridized carbons (Fsp3) is 0.278. The molecule has 1 atom stereocenters. The lowest BCUT2D eigenvalue weighted by atomic mass is 10.0. The van der Waals surface area contributed by atoms with Gasteiger partial charge in [0.1, 0.15) is 29.9 Å². The van der Waals surface area contributed by atoms with E-state index in [4.69, 9.17) is 9.47 Å². The number of sulfonamides is 1. The number of anilines is 1. The van der Waals surface area contributed by atoms with E-state index in [2.05, 4.69) is 5.32 Å². The topological polar surface area (TPSA) is 105 Å². The Hall–Kier alpha value is -4.90. The standard InChI is InChI=1S/C36H40FN3O6S/c1-26(2)23-38-36(42)34(22-27-9-6-5-7-10-27)39(24-28-11-8-12-32(21-28)46-4)35(41)25-40(30-15-13-29(37)14-16-30)47(43,44)33-19-17-31(45-3)18-20-33/h5-21,26,34H,22-25H2,1-4H3,(H,38,42). The van der Waals surface area contributed by atoms with Gasteiger partial charge in [-0.15, -0.1) is 0 Å². The fourth-order valence-electron chi connectivity index (χ4n) is 4.96. The molecule has 0 aliphatic carbocycles. The summed E-state index contributed by atoms with van der Waals surface area (Å²) in [5.41, 5.74) is 1.58. The van der Waals surface area contributed by atoms with Gasteiger partial charge in [0.25, 0.3) is 10.0 Å². The van der Waals surface area contributed by atoms with Crippen molar-refractivity contribution in [1.82, 2.24) is 10.2 Å². The number of amides is 2. The van der Waals surface area contributed by atoms with Crippen molar-refractivity contribution in [3.8, 4) is 11.5 Å². The van der Waals surface area contributed by atoms with Crippen LogP contribution in [0.2, 0.25) is 0 Å². The van der Waals surface area contributed by atoms with Crippen molar-refractivity contribution in [1.29, 1.82) is 0 Å². The van der Waals surface area contributed by atoms with E-state index in [1.54, 1.807) is 24.3 Å². The summed E-state index contributed by atoms with van der Waals surface area (Å²) in [6.07, 6.45) is 0.183. The second kappa shape index (κ2) is 16.1. The smallest absolute Gasteiger partial charge is 0.264 e. The minimum absolute atomic E-state index is 0.0114. The molecule has 2 amide bonds. The molecule has 1 unspecified atom stereocenters. The van der Waals surface area contributed by atoms with Gasteiger partial charge in [0.05, 0.1) is 24.8 Å². The number of hydrogen-bond acceptors (Lipinski definition) is 6. The summed E-state index contributed by atoms with van der Waals surface area (Å²) < 4.78 is 53.7. The molecule has 0 radical (unpaired) electrons. The fourth-order valence-corrected chi connectivity index (χ4v) is 6.37. The summed E-state index contributed by atoms with van der Waals surface area (Å²) in [5, 5.41) is 2.96. The molecule has 0 aliphatic rings. The molecule has 0 fully saturated rings. The molecule has 4 rings (SSSR count). The molecule has 0 bridgehead atoms. The molecule has 0 aromatic heterocycles. The Morgan fingerprint density at radius 2 is 1.45 bits per heavy atom. The van der Waals surface area contributed by atoms with E-state index in [9.17, 15) is 22.4 Å². The third-order valence-corrected chi connectivity index (χ3v) is 9.27. The van der Waals surface area contributed by atoms with Gasteiger partial charge < -0.3 is 19.7 Å². The Labute approximate surface area is 276 Å². The molecule has 0 heterocycles. The average Bonchev–Trinajstić information content (AvgIpc) is 3.08. The minimum atomic E-state index is -4.34. The van der Waals surface area contributed by atoms with Crippen molar-refractivity contribution in [3.05, 3.63) is 120 Å². The average molecular weight is 662 g/mol. The molecule has 47 heavy (non-hydrogen) atoms. The summed E-state index contributed by atoms with van der Waals surface area (Å²) >= 11 is 0. The van der Waals surface area contributed by atoms with Crippen LogP contribution in [0.5, 0.6) is 11.5 Å². The quantitative estimate of drug-likeness (QED) is 0.182. The summed E-state index contributed by atoms with van der Waals surface area (Å²) in [6, 6.07) is 26.0. The molecular formula is C36H40FN3O6S. The van der Waals surface area contributed by atoms with Gasteiger partial charge in [0, 0.05) is 19.5 Å². The number of carbonyl (C=O) groups excluding carboxylic acids is 2. The Balaban J connectivity index is 1.80. The third-order valence-electron chi connectivity index (χ3n) is 7.48. The highest BCUT2D eigenvalue weighted by molar-refractivity contribution is 7.92. The molecule has 0 spiro atoms. The predicted molar refractivity (Wildman–Crippen MR) is 179 cm³/mol. The Morgan fingerprint density at radius 3 is 2.06 bits per heavy atom. The van der Waals surface area contributed by atoms with Crippen LogP contribution in [-0.2, 0) is 32.6 Å². The van der Waals surface area contributed by atoms with Crippen molar-refractivity contribution >= 4 is 27.5 Å². The zero-order valence-electron chi connectivity index (χ0n) is 26.9. The van der Waals surface area contributed by atoms with Crippen LogP contribution >= 0.6 is 0 Å². The van der Waals surface area contributed by atoms with Crippen molar-refractivity contribution < 1.29 is 31.9 Å². The number of carbonyl (C=O) groups is 2. The second-order valence-corrected chi connectivity index (χ2v) is 13.2. The maximum Gasteiger partial charge on any atom is 0.264 e. The summed E-state index contributed by atoms with van der Waals surface area (Å²) in [6.45, 7) is 3.65. The monoisotopic (exact) mass is 661 g/mol. The van der Waals surface area contributed by atoms with E-state index in [0.29, 0.717) is 23.6 Å². The first kappa shape index (κ1) is 35.0. The molecule has 9 nitrogen and oxygen atoms in total. The van der Waals surface area contributed by atoms with Gasteiger partial charge in [-0.25, -0.2) is 12.8 Å². The van der Waals surface area contributed by atoms with E-state index in [-0.39, 0.29) is 35.4 Å². The highest BCUT2D eigenvalue weighted by atomic mass is 32.2. The van der Waals surface area contributed by atoms with Crippen molar-refractivity contribution in [2.45, 2.75) is 37.8 Å². The van der Waals surface area contributed by atoms with Gasteiger partial charge >= 0.3 is 0 Å². The van der Waals surface area contributed by atoms with E-state index >= 15 is 0 Å². The van der Waals surface area contributed by atoms with Crippen LogP contribution in [0.3, 0.4) is 0 Å². The molecular weight excluding hydrogens is 621 g/mol. The number of benzene rings is 4.